The van der Waals surface area contributed by atoms with Crippen molar-refractivity contribution >= 4 is 5.91 Å². The molecule has 1 aliphatic carbocycles. The Kier molecular flexibility index (Phi) is 2.68. The van der Waals surface area contributed by atoms with Crippen LogP contribution in [0.2, 0.25) is 0 Å². The van der Waals surface area contributed by atoms with E-state index in [2.05, 4.69) is 33.0 Å². The molecule has 1 amide bonds. The molecule has 0 spiro atoms. The van der Waals surface area contributed by atoms with Gasteiger partial charge in [0.05, 0.1) is 0 Å². The van der Waals surface area contributed by atoms with Crippen molar-refractivity contribution in [2.75, 3.05) is 6.54 Å². The van der Waals surface area contributed by atoms with Gasteiger partial charge in [-0.1, -0.05) is 41.5 Å². The molecule has 1 saturated carbocycles. The summed E-state index contributed by atoms with van der Waals surface area (Å²) in [6.45, 7) is 13.8. The molecule has 0 bridgehead atoms. The smallest absolute Gasteiger partial charge is 0.222 e. The minimum absolute atomic E-state index is 0.0972. The molecule has 0 aromatic carbocycles. The monoisotopic (exact) mass is 197 g/mol. The normalized spacial score (nSPS) is 23.6. The van der Waals surface area contributed by atoms with Crippen molar-refractivity contribution in [2.24, 2.45) is 22.7 Å². The van der Waals surface area contributed by atoms with Gasteiger partial charge in [0.1, 0.15) is 0 Å². The van der Waals surface area contributed by atoms with E-state index in [9.17, 15) is 4.79 Å². The standard InChI is InChI=1S/C12H23NO/c1-8(2)10(14)13-7-9-11(3,4)12(9,5)6/h8-9H,7H2,1-6H3,(H,13,14). The second kappa shape index (κ2) is 3.25. The molecule has 0 radical (unpaired) electrons. The predicted octanol–water partition coefficient (Wildman–Crippen LogP) is 2.44. The van der Waals surface area contributed by atoms with Gasteiger partial charge < -0.3 is 5.32 Å². The first-order valence-corrected chi connectivity index (χ1v) is 5.49. The van der Waals surface area contributed by atoms with Crippen molar-refractivity contribution < 1.29 is 4.79 Å². The number of nitrogens with one attached hydrogen (secondary N) is 1. The zero-order chi connectivity index (χ0) is 11.1. The molecule has 1 fully saturated rings. The van der Waals surface area contributed by atoms with E-state index in [1.165, 1.54) is 0 Å². The summed E-state index contributed by atoms with van der Waals surface area (Å²) < 4.78 is 0. The van der Waals surface area contributed by atoms with E-state index in [-0.39, 0.29) is 11.8 Å². The molecular weight excluding hydrogens is 174 g/mol. The molecular formula is C12H23NO. The van der Waals surface area contributed by atoms with Crippen LogP contribution in [0.4, 0.5) is 0 Å². The fourth-order valence-electron chi connectivity index (χ4n) is 2.25. The highest BCUT2D eigenvalue weighted by atomic mass is 16.1. The Morgan fingerprint density at radius 1 is 1.21 bits per heavy atom. The Labute approximate surface area is 87.5 Å². The number of hydrogen-bond donors (Lipinski definition) is 1. The number of carbonyl (C=O) groups is 1. The van der Waals surface area contributed by atoms with Crippen molar-refractivity contribution in [1.82, 2.24) is 5.32 Å². The molecule has 0 aromatic heterocycles. The van der Waals surface area contributed by atoms with Crippen LogP contribution in [0.5, 0.6) is 0 Å². The third kappa shape index (κ3) is 1.67. The first-order chi connectivity index (χ1) is 6.21. The number of carbonyl (C=O) groups excluding carboxylic acids is 1. The SMILES string of the molecule is CC(C)C(=O)NCC1C(C)(C)C1(C)C. The first-order valence-electron chi connectivity index (χ1n) is 5.49. The highest BCUT2D eigenvalue weighted by Crippen LogP contribution is 2.67. The molecule has 82 valence electrons. The van der Waals surface area contributed by atoms with E-state index < -0.39 is 0 Å². The Morgan fingerprint density at radius 2 is 1.64 bits per heavy atom. The van der Waals surface area contributed by atoms with Crippen LogP contribution in [0.3, 0.4) is 0 Å². The molecule has 1 aliphatic rings. The first kappa shape index (κ1) is 11.5. The highest BCUT2D eigenvalue weighted by Gasteiger charge is 2.64. The lowest BCUT2D eigenvalue weighted by Crippen LogP contribution is -2.30. The topological polar surface area (TPSA) is 29.1 Å². The minimum atomic E-state index is 0.0972. The van der Waals surface area contributed by atoms with E-state index in [0.717, 1.165) is 6.54 Å². The molecule has 2 heteroatoms. The Balaban J connectivity index is 2.40. The summed E-state index contributed by atoms with van der Waals surface area (Å²) in [6.07, 6.45) is 0. The third-order valence-electron chi connectivity index (χ3n) is 4.32. The summed E-state index contributed by atoms with van der Waals surface area (Å²) in [5.74, 6) is 0.890. The van der Waals surface area contributed by atoms with E-state index in [1.807, 2.05) is 13.8 Å². The average molecular weight is 197 g/mol. The summed E-state index contributed by atoms with van der Waals surface area (Å²) in [4.78, 5) is 11.4. The van der Waals surface area contributed by atoms with E-state index >= 15 is 0 Å². The lowest BCUT2D eigenvalue weighted by atomic mass is 10.0. The lowest BCUT2D eigenvalue weighted by Gasteiger charge is -2.08. The van der Waals surface area contributed by atoms with Gasteiger partial charge in [-0.25, -0.2) is 0 Å². The van der Waals surface area contributed by atoms with Gasteiger partial charge in [-0.3, -0.25) is 4.79 Å². The molecule has 0 atom stereocenters. The second-order valence-corrected chi connectivity index (χ2v) is 5.90. The summed E-state index contributed by atoms with van der Waals surface area (Å²) in [5.41, 5.74) is 0.745. The Morgan fingerprint density at radius 3 is 1.93 bits per heavy atom. The zero-order valence-corrected chi connectivity index (χ0v) is 10.3. The predicted molar refractivity (Wildman–Crippen MR) is 58.9 cm³/mol. The van der Waals surface area contributed by atoms with Gasteiger partial charge in [-0.15, -0.1) is 0 Å². The van der Waals surface area contributed by atoms with Crippen molar-refractivity contribution in [3.8, 4) is 0 Å². The van der Waals surface area contributed by atoms with Gasteiger partial charge in [-0.05, 0) is 16.7 Å². The van der Waals surface area contributed by atoms with E-state index in [1.54, 1.807) is 0 Å². The van der Waals surface area contributed by atoms with Gasteiger partial charge >= 0.3 is 0 Å². The van der Waals surface area contributed by atoms with Gasteiger partial charge in [0.15, 0.2) is 0 Å². The Hall–Kier alpha value is -0.530. The third-order valence-corrected chi connectivity index (χ3v) is 4.32. The second-order valence-electron chi connectivity index (χ2n) is 5.90. The fraction of sp³-hybridized carbons (Fsp3) is 0.917. The van der Waals surface area contributed by atoms with Crippen LogP contribution in [0.25, 0.3) is 0 Å². The maximum atomic E-state index is 11.4. The van der Waals surface area contributed by atoms with Crippen LogP contribution in [0.1, 0.15) is 41.5 Å². The highest BCUT2D eigenvalue weighted by molar-refractivity contribution is 5.77. The van der Waals surface area contributed by atoms with Crippen molar-refractivity contribution in [3.63, 3.8) is 0 Å². The molecule has 2 nitrogen and oxygen atoms in total. The fourth-order valence-corrected chi connectivity index (χ4v) is 2.25. The summed E-state index contributed by atoms with van der Waals surface area (Å²) in [6, 6.07) is 0. The van der Waals surface area contributed by atoms with Gasteiger partial charge in [0.2, 0.25) is 5.91 Å². The molecule has 0 heterocycles. The largest absolute Gasteiger partial charge is 0.356 e. The maximum Gasteiger partial charge on any atom is 0.222 e. The van der Waals surface area contributed by atoms with Gasteiger partial charge in [-0.2, -0.15) is 0 Å². The molecule has 0 unspecified atom stereocenters. The van der Waals surface area contributed by atoms with E-state index in [0.29, 0.717) is 16.7 Å². The van der Waals surface area contributed by atoms with Crippen molar-refractivity contribution in [3.05, 3.63) is 0 Å². The van der Waals surface area contributed by atoms with Gasteiger partial charge in [0.25, 0.3) is 0 Å². The maximum absolute atomic E-state index is 11.4. The molecule has 14 heavy (non-hydrogen) atoms. The van der Waals surface area contributed by atoms with Crippen LogP contribution >= 0.6 is 0 Å². The average Bonchev–Trinajstić information content (AvgIpc) is 2.39. The number of rotatable bonds is 3. The van der Waals surface area contributed by atoms with Crippen LogP contribution in [0.15, 0.2) is 0 Å². The minimum Gasteiger partial charge on any atom is -0.356 e. The van der Waals surface area contributed by atoms with Crippen LogP contribution in [-0.2, 0) is 4.79 Å². The quantitative estimate of drug-likeness (QED) is 0.739. The van der Waals surface area contributed by atoms with Crippen molar-refractivity contribution in [1.29, 1.82) is 0 Å². The summed E-state index contributed by atoms with van der Waals surface area (Å²) >= 11 is 0. The number of amides is 1. The zero-order valence-electron chi connectivity index (χ0n) is 10.3. The molecule has 1 N–H and O–H groups in total. The Bertz CT molecular complexity index is 227. The molecule has 0 aliphatic heterocycles. The van der Waals surface area contributed by atoms with Gasteiger partial charge in [0, 0.05) is 12.5 Å². The van der Waals surface area contributed by atoms with Crippen molar-refractivity contribution in [2.45, 2.75) is 41.5 Å². The van der Waals surface area contributed by atoms with Crippen LogP contribution < -0.4 is 5.32 Å². The van der Waals surface area contributed by atoms with E-state index in [4.69, 9.17) is 0 Å². The van der Waals surface area contributed by atoms with Crippen LogP contribution in [-0.4, -0.2) is 12.5 Å². The summed E-state index contributed by atoms with van der Waals surface area (Å²) in [7, 11) is 0. The lowest BCUT2D eigenvalue weighted by molar-refractivity contribution is -0.124. The summed E-state index contributed by atoms with van der Waals surface area (Å²) in [5, 5.41) is 3.02. The molecule has 0 saturated heterocycles. The molecule has 0 aromatic rings. The number of hydrogen-bond acceptors (Lipinski definition) is 1. The molecule has 1 rings (SSSR count). The van der Waals surface area contributed by atoms with Crippen LogP contribution in [0, 0.1) is 22.7 Å².